The van der Waals surface area contributed by atoms with Crippen molar-refractivity contribution in [3.05, 3.63) is 100 Å². The Balaban J connectivity index is 1.82. The number of halogens is 1. The van der Waals surface area contributed by atoms with Crippen molar-refractivity contribution in [2.75, 3.05) is 13.7 Å². The molecule has 1 amide bonds. The van der Waals surface area contributed by atoms with Crippen molar-refractivity contribution >= 4 is 29.1 Å². The van der Waals surface area contributed by atoms with E-state index in [9.17, 15) is 19.8 Å². The molecule has 1 saturated heterocycles. The molecule has 0 saturated carbocycles. The van der Waals surface area contributed by atoms with Crippen LogP contribution in [0.3, 0.4) is 0 Å². The van der Waals surface area contributed by atoms with Gasteiger partial charge in [0, 0.05) is 17.1 Å². The molecule has 1 fully saturated rings. The van der Waals surface area contributed by atoms with Gasteiger partial charge in [-0.15, -0.1) is 0 Å². The molecule has 33 heavy (non-hydrogen) atoms. The number of methoxy groups -OCH3 is 1. The number of phenols is 1. The molecule has 1 aliphatic rings. The number of ether oxygens (including phenoxy) is 1. The molecule has 4 rings (SSSR count). The first-order valence-corrected chi connectivity index (χ1v) is 10.7. The second kappa shape index (κ2) is 9.38. The van der Waals surface area contributed by atoms with Crippen LogP contribution < -0.4 is 4.74 Å². The SMILES string of the molecule is COc1cc(C2/C(=C(\O)c3ccc(Cl)cc3)C(=O)C(=O)N2CCc2ccccc2)ccc1O. The largest absolute Gasteiger partial charge is 0.507 e. The third kappa shape index (κ3) is 4.43. The lowest BCUT2D eigenvalue weighted by Crippen LogP contribution is -2.31. The number of carbonyl (C=O) groups excluding carboxylic acids is 2. The van der Waals surface area contributed by atoms with Gasteiger partial charge in [-0.25, -0.2) is 0 Å². The monoisotopic (exact) mass is 463 g/mol. The van der Waals surface area contributed by atoms with Gasteiger partial charge in [0.15, 0.2) is 11.5 Å². The fraction of sp³-hybridized carbons (Fsp3) is 0.154. The highest BCUT2D eigenvalue weighted by Crippen LogP contribution is 2.41. The first-order valence-electron chi connectivity index (χ1n) is 10.4. The van der Waals surface area contributed by atoms with Gasteiger partial charge in [0.1, 0.15) is 5.76 Å². The van der Waals surface area contributed by atoms with Gasteiger partial charge in [-0.05, 0) is 53.9 Å². The van der Waals surface area contributed by atoms with Gasteiger partial charge >= 0.3 is 0 Å². The maximum atomic E-state index is 13.1. The van der Waals surface area contributed by atoms with E-state index in [4.69, 9.17) is 16.3 Å². The minimum atomic E-state index is -0.848. The van der Waals surface area contributed by atoms with Gasteiger partial charge in [0.05, 0.1) is 18.7 Å². The average Bonchev–Trinajstić information content (AvgIpc) is 3.08. The van der Waals surface area contributed by atoms with Gasteiger partial charge in [0.2, 0.25) is 0 Å². The Kier molecular flexibility index (Phi) is 6.38. The second-order valence-electron chi connectivity index (χ2n) is 7.67. The first-order chi connectivity index (χ1) is 15.9. The summed E-state index contributed by atoms with van der Waals surface area (Å²) in [7, 11) is 1.42. The van der Waals surface area contributed by atoms with E-state index in [1.165, 1.54) is 18.1 Å². The number of hydrogen-bond donors (Lipinski definition) is 2. The van der Waals surface area contributed by atoms with E-state index < -0.39 is 17.7 Å². The van der Waals surface area contributed by atoms with E-state index in [0.717, 1.165) is 5.56 Å². The standard InChI is InChI=1S/C26H22ClNO5/c1-33-21-15-18(9-12-20(21)29)23-22(24(30)17-7-10-19(27)11-8-17)25(31)26(32)28(23)14-13-16-5-3-2-4-6-16/h2-12,15,23,29-30H,13-14H2,1H3/b24-22+. The fourth-order valence-electron chi connectivity index (χ4n) is 3.98. The summed E-state index contributed by atoms with van der Waals surface area (Å²) in [5, 5.41) is 21.6. The number of phenolic OH excluding ortho intramolecular Hbond substituents is 1. The lowest BCUT2D eigenvalue weighted by molar-refractivity contribution is -0.139. The zero-order chi connectivity index (χ0) is 23.5. The number of ketones is 1. The molecule has 168 valence electrons. The number of aliphatic hydroxyl groups is 1. The molecule has 1 atom stereocenters. The maximum absolute atomic E-state index is 13.1. The van der Waals surface area contributed by atoms with Gasteiger partial charge in [-0.2, -0.15) is 0 Å². The molecule has 3 aromatic carbocycles. The minimum Gasteiger partial charge on any atom is -0.507 e. The highest BCUT2D eigenvalue weighted by molar-refractivity contribution is 6.46. The van der Waals surface area contributed by atoms with Crippen LogP contribution in [0.15, 0.2) is 78.4 Å². The summed E-state index contributed by atoms with van der Waals surface area (Å²) < 4.78 is 5.23. The number of nitrogens with zero attached hydrogens (tertiary/aromatic N) is 1. The maximum Gasteiger partial charge on any atom is 0.295 e. The van der Waals surface area contributed by atoms with Crippen LogP contribution in [0.25, 0.3) is 5.76 Å². The number of carbonyl (C=O) groups is 2. The molecule has 2 N–H and O–H groups in total. The summed E-state index contributed by atoms with van der Waals surface area (Å²) in [6, 6.07) is 19.8. The van der Waals surface area contributed by atoms with E-state index in [-0.39, 0.29) is 29.4 Å². The Morgan fingerprint density at radius 2 is 1.73 bits per heavy atom. The molecule has 0 spiro atoms. The summed E-state index contributed by atoms with van der Waals surface area (Å²) >= 11 is 5.96. The number of benzene rings is 3. The molecule has 6 nitrogen and oxygen atoms in total. The lowest BCUT2D eigenvalue weighted by Gasteiger charge is -2.26. The zero-order valence-electron chi connectivity index (χ0n) is 17.9. The van der Waals surface area contributed by atoms with Gasteiger partial charge in [0.25, 0.3) is 11.7 Å². The average molecular weight is 464 g/mol. The first kappa shape index (κ1) is 22.4. The van der Waals surface area contributed by atoms with Crippen molar-refractivity contribution in [1.29, 1.82) is 0 Å². The minimum absolute atomic E-state index is 0.0249. The van der Waals surface area contributed by atoms with Gasteiger partial charge < -0.3 is 19.8 Å². The Labute approximate surface area is 196 Å². The predicted molar refractivity (Wildman–Crippen MR) is 125 cm³/mol. The quantitative estimate of drug-likeness (QED) is 0.314. The lowest BCUT2D eigenvalue weighted by atomic mass is 9.95. The predicted octanol–water partition coefficient (Wildman–Crippen LogP) is 4.72. The van der Waals surface area contributed by atoms with Crippen molar-refractivity contribution in [1.82, 2.24) is 4.90 Å². The summed E-state index contributed by atoms with van der Waals surface area (Å²) in [6.07, 6.45) is 0.528. The second-order valence-corrected chi connectivity index (χ2v) is 8.10. The van der Waals surface area contributed by atoms with Crippen molar-refractivity contribution in [3.63, 3.8) is 0 Å². The molecule has 0 bridgehead atoms. The van der Waals surface area contributed by atoms with Crippen LogP contribution in [0.1, 0.15) is 22.7 Å². The number of aliphatic hydroxyl groups excluding tert-OH is 1. The summed E-state index contributed by atoms with van der Waals surface area (Å²) in [5.74, 6) is -1.62. The van der Waals surface area contributed by atoms with E-state index >= 15 is 0 Å². The van der Waals surface area contributed by atoms with Crippen LogP contribution in [0.2, 0.25) is 5.02 Å². The molecular weight excluding hydrogens is 442 g/mol. The van der Waals surface area contributed by atoms with Crippen LogP contribution in [0.5, 0.6) is 11.5 Å². The molecule has 7 heteroatoms. The smallest absolute Gasteiger partial charge is 0.295 e. The third-order valence-electron chi connectivity index (χ3n) is 5.66. The van der Waals surface area contributed by atoms with Crippen LogP contribution in [0, 0.1) is 0 Å². The molecule has 3 aromatic rings. The molecular formula is C26H22ClNO5. The van der Waals surface area contributed by atoms with E-state index in [2.05, 4.69) is 0 Å². The van der Waals surface area contributed by atoms with E-state index in [1.807, 2.05) is 30.3 Å². The summed E-state index contributed by atoms with van der Waals surface area (Å²) in [5.41, 5.74) is 1.89. The van der Waals surface area contributed by atoms with Crippen molar-refractivity contribution < 1.29 is 24.5 Å². The number of aromatic hydroxyl groups is 1. The number of likely N-dealkylation sites (tertiary alicyclic amines) is 1. The van der Waals surface area contributed by atoms with Crippen LogP contribution >= 0.6 is 11.6 Å². The highest BCUT2D eigenvalue weighted by atomic mass is 35.5. The molecule has 1 aliphatic heterocycles. The summed E-state index contributed by atoms with van der Waals surface area (Å²) in [4.78, 5) is 27.6. The van der Waals surface area contributed by atoms with Gasteiger partial charge in [-0.3, -0.25) is 9.59 Å². The number of amides is 1. The topological polar surface area (TPSA) is 87.1 Å². The van der Waals surface area contributed by atoms with Crippen LogP contribution in [-0.2, 0) is 16.0 Å². The molecule has 1 unspecified atom stereocenters. The van der Waals surface area contributed by atoms with Crippen molar-refractivity contribution in [2.45, 2.75) is 12.5 Å². The third-order valence-corrected chi connectivity index (χ3v) is 5.91. The number of hydrogen-bond acceptors (Lipinski definition) is 5. The fourth-order valence-corrected chi connectivity index (χ4v) is 4.10. The van der Waals surface area contributed by atoms with Crippen molar-refractivity contribution in [3.8, 4) is 11.5 Å². The Morgan fingerprint density at radius 3 is 2.39 bits per heavy atom. The molecule has 0 aromatic heterocycles. The van der Waals surface area contributed by atoms with Crippen molar-refractivity contribution in [2.24, 2.45) is 0 Å². The van der Waals surface area contributed by atoms with Gasteiger partial charge in [-0.1, -0.05) is 48.0 Å². The Bertz CT molecular complexity index is 1220. The molecule has 0 radical (unpaired) electrons. The van der Waals surface area contributed by atoms with E-state index in [1.54, 1.807) is 36.4 Å². The molecule has 0 aliphatic carbocycles. The number of Topliss-reactive ketones (excluding diaryl/α,β-unsaturated/α-hetero) is 1. The molecule has 1 heterocycles. The number of rotatable bonds is 6. The summed E-state index contributed by atoms with van der Waals surface area (Å²) in [6.45, 7) is 0.264. The Hall–Kier alpha value is -3.77. The van der Waals surface area contributed by atoms with Crippen LogP contribution in [0.4, 0.5) is 0 Å². The Morgan fingerprint density at radius 1 is 1.03 bits per heavy atom. The van der Waals surface area contributed by atoms with Crippen LogP contribution in [-0.4, -0.2) is 40.5 Å². The normalized spacial score (nSPS) is 17.4. The highest BCUT2D eigenvalue weighted by Gasteiger charge is 2.46. The zero-order valence-corrected chi connectivity index (χ0v) is 18.6. The van der Waals surface area contributed by atoms with E-state index in [0.29, 0.717) is 22.6 Å².